The molecule has 0 saturated carbocycles. The molecule has 3 aromatic carbocycles. The number of anilines is 1. The third-order valence-electron chi connectivity index (χ3n) is 6.16. The maximum absolute atomic E-state index is 14.0. The van der Waals surface area contributed by atoms with Gasteiger partial charge in [0.25, 0.3) is 10.0 Å². The second-order valence-electron chi connectivity index (χ2n) is 9.15. The lowest BCUT2D eigenvalue weighted by Crippen LogP contribution is -2.52. The van der Waals surface area contributed by atoms with Crippen LogP contribution >= 0.6 is 23.2 Å². The van der Waals surface area contributed by atoms with Gasteiger partial charge in [-0.3, -0.25) is 13.9 Å². The smallest absolute Gasteiger partial charge is 0.264 e. The van der Waals surface area contributed by atoms with Crippen LogP contribution < -0.4 is 9.62 Å². The molecule has 0 aliphatic carbocycles. The quantitative estimate of drug-likeness (QED) is 0.288. The van der Waals surface area contributed by atoms with Gasteiger partial charge in [0.2, 0.25) is 11.8 Å². The van der Waals surface area contributed by atoms with Crippen molar-refractivity contribution < 1.29 is 18.0 Å². The van der Waals surface area contributed by atoms with Gasteiger partial charge in [-0.25, -0.2) is 8.42 Å². The molecule has 3 aromatic rings. The van der Waals surface area contributed by atoms with Crippen LogP contribution in [0, 0.1) is 6.92 Å². The summed E-state index contributed by atoms with van der Waals surface area (Å²) in [7, 11) is -4.21. The van der Waals surface area contributed by atoms with E-state index in [2.05, 4.69) is 5.32 Å². The Bertz CT molecular complexity index is 1400. The number of aryl methyl sites for hydroxylation is 1. The fraction of sp³-hybridized carbons (Fsp3) is 0.310. The number of hydrogen-bond donors (Lipinski definition) is 1. The van der Waals surface area contributed by atoms with Gasteiger partial charge in [0.15, 0.2) is 0 Å². The predicted octanol–water partition coefficient (Wildman–Crippen LogP) is 5.83. The van der Waals surface area contributed by atoms with Gasteiger partial charge in [0, 0.05) is 18.1 Å². The average Bonchev–Trinajstić information content (AvgIpc) is 2.91. The summed E-state index contributed by atoms with van der Waals surface area (Å²) in [5.74, 6) is -0.831. The van der Waals surface area contributed by atoms with Crippen LogP contribution in [0.25, 0.3) is 0 Å². The van der Waals surface area contributed by atoms with E-state index in [0.717, 1.165) is 21.9 Å². The van der Waals surface area contributed by atoms with Crippen molar-refractivity contribution in [2.24, 2.45) is 0 Å². The molecule has 10 heteroatoms. The number of carbonyl (C=O) groups excluding carboxylic acids is 2. The van der Waals surface area contributed by atoms with Gasteiger partial charge >= 0.3 is 0 Å². The van der Waals surface area contributed by atoms with Crippen molar-refractivity contribution in [1.82, 2.24) is 10.2 Å². The Labute approximate surface area is 240 Å². The zero-order chi connectivity index (χ0) is 28.6. The van der Waals surface area contributed by atoms with E-state index >= 15 is 0 Å². The molecule has 0 spiro atoms. The van der Waals surface area contributed by atoms with Crippen LogP contribution in [0.2, 0.25) is 10.0 Å². The molecule has 7 nitrogen and oxygen atoms in total. The van der Waals surface area contributed by atoms with Crippen LogP contribution in [0.5, 0.6) is 0 Å². The lowest BCUT2D eigenvalue weighted by molar-refractivity contribution is -0.140. The summed E-state index contributed by atoms with van der Waals surface area (Å²) in [6.45, 7) is 5.74. The number of hydrogen-bond acceptors (Lipinski definition) is 4. The molecule has 0 unspecified atom stereocenters. The van der Waals surface area contributed by atoms with E-state index in [-0.39, 0.29) is 28.1 Å². The molecule has 2 amide bonds. The van der Waals surface area contributed by atoms with Gasteiger partial charge in [0.1, 0.15) is 12.6 Å². The zero-order valence-corrected chi connectivity index (χ0v) is 24.6. The first-order valence-electron chi connectivity index (χ1n) is 12.7. The van der Waals surface area contributed by atoms with Gasteiger partial charge < -0.3 is 10.2 Å². The van der Waals surface area contributed by atoms with Crippen molar-refractivity contribution in [2.75, 3.05) is 17.4 Å². The van der Waals surface area contributed by atoms with E-state index in [1.54, 1.807) is 18.2 Å². The molecule has 0 aromatic heterocycles. The third kappa shape index (κ3) is 7.75. The summed E-state index contributed by atoms with van der Waals surface area (Å²) < 4.78 is 28.6. The Kier molecular flexibility index (Phi) is 10.8. The standard InChI is InChI=1S/C29H33Cl2N3O4S/c1-4-16-32-29(36)26(5-2)33(19-22-11-9-10-21(3)17-22)28(35)20-34(27-15-14-23(30)18-25(27)31)39(37,38)24-12-7-6-8-13-24/h6-15,17-18,26H,4-5,16,19-20H2,1-3H3,(H,32,36)/t26-/m1/s1. The van der Waals surface area contributed by atoms with Crippen molar-refractivity contribution in [3.63, 3.8) is 0 Å². The number of benzene rings is 3. The SMILES string of the molecule is CCCNC(=O)[C@@H](CC)N(Cc1cccc(C)c1)C(=O)CN(c1ccc(Cl)cc1Cl)S(=O)(=O)c1ccccc1. The van der Waals surface area contributed by atoms with E-state index in [4.69, 9.17) is 23.2 Å². The number of nitrogens with zero attached hydrogens (tertiary/aromatic N) is 2. The highest BCUT2D eigenvalue weighted by Crippen LogP contribution is 2.33. The van der Waals surface area contributed by atoms with Gasteiger partial charge in [0.05, 0.1) is 15.6 Å². The molecule has 1 N–H and O–H groups in total. The van der Waals surface area contributed by atoms with Crippen LogP contribution in [-0.4, -0.2) is 44.3 Å². The normalized spacial score (nSPS) is 12.0. The van der Waals surface area contributed by atoms with E-state index in [9.17, 15) is 18.0 Å². The van der Waals surface area contributed by atoms with Gasteiger partial charge in [-0.1, -0.05) is 85.1 Å². The molecule has 0 fully saturated rings. The Balaban J connectivity index is 2.07. The van der Waals surface area contributed by atoms with Gasteiger partial charge in [-0.2, -0.15) is 0 Å². The molecule has 0 aliphatic heterocycles. The van der Waals surface area contributed by atoms with E-state index in [1.165, 1.54) is 35.2 Å². The van der Waals surface area contributed by atoms with Crippen LogP contribution in [0.3, 0.4) is 0 Å². The van der Waals surface area contributed by atoms with E-state index < -0.39 is 28.5 Å². The lowest BCUT2D eigenvalue weighted by Gasteiger charge is -2.33. The van der Waals surface area contributed by atoms with Crippen molar-refractivity contribution in [3.8, 4) is 0 Å². The molecule has 0 aliphatic rings. The molecule has 0 radical (unpaired) electrons. The van der Waals surface area contributed by atoms with Crippen LogP contribution in [0.4, 0.5) is 5.69 Å². The second kappa shape index (κ2) is 13.8. The van der Waals surface area contributed by atoms with Crippen molar-refractivity contribution in [1.29, 1.82) is 0 Å². The van der Waals surface area contributed by atoms with E-state index in [0.29, 0.717) is 18.0 Å². The van der Waals surface area contributed by atoms with Crippen molar-refractivity contribution >= 4 is 50.7 Å². The molecule has 1 atom stereocenters. The summed E-state index contributed by atoms with van der Waals surface area (Å²) in [4.78, 5) is 28.6. The zero-order valence-electron chi connectivity index (χ0n) is 22.2. The largest absolute Gasteiger partial charge is 0.354 e. The van der Waals surface area contributed by atoms with Crippen LogP contribution in [0.1, 0.15) is 37.8 Å². The highest BCUT2D eigenvalue weighted by Gasteiger charge is 2.34. The first-order valence-corrected chi connectivity index (χ1v) is 14.9. The topological polar surface area (TPSA) is 86.8 Å². The summed E-state index contributed by atoms with van der Waals surface area (Å²) in [6.07, 6.45) is 1.09. The van der Waals surface area contributed by atoms with Gasteiger partial charge in [-0.05, 0) is 55.7 Å². The highest BCUT2D eigenvalue weighted by atomic mass is 35.5. The number of amides is 2. The third-order valence-corrected chi connectivity index (χ3v) is 8.47. The lowest BCUT2D eigenvalue weighted by atomic mass is 10.1. The summed E-state index contributed by atoms with van der Waals surface area (Å²) >= 11 is 12.5. The Hall–Kier alpha value is -3.07. The van der Waals surface area contributed by atoms with Crippen molar-refractivity contribution in [3.05, 3.63) is 94.0 Å². The number of sulfonamides is 1. The first-order chi connectivity index (χ1) is 18.6. The molecule has 0 heterocycles. The Morgan fingerprint density at radius 3 is 2.28 bits per heavy atom. The number of halogens is 2. The summed E-state index contributed by atoms with van der Waals surface area (Å²) in [6, 6.07) is 19.0. The number of nitrogens with one attached hydrogen (secondary N) is 1. The van der Waals surface area contributed by atoms with E-state index in [1.807, 2.05) is 45.0 Å². The predicted molar refractivity (Wildman–Crippen MR) is 157 cm³/mol. The Morgan fingerprint density at radius 2 is 1.67 bits per heavy atom. The average molecular weight is 591 g/mol. The molecular formula is C29H33Cl2N3O4S. The number of rotatable bonds is 12. The number of carbonyl (C=O) groups is 2. The minimum absolute atomic E-state index is 0.00165. The summed E-state index contributed by atoms with van der Waals surface area (Å²) in [5, 5.41) is 3.27. The molecule has 0 saturated heterocycles. The van der Waals surface area contributed by atoms with Crippen LogP contribution in [0.15, 0.2) is 77.7 Å². The van der Waals surface area contributed by atoms with Gasteiger partial charge in [-0.15, -0.1) is 0 Å². The maximum Gasteiger partial charge on any atom is 0.264 e. The minimum Gasteiger partial charge on any atom is -0.354 e. The minimum atomic E-state index is -4.21. The monoisotopic (exact) mass is 589 g/mol. The summed E-state index contributed by atoms with van der Waals surface area (Å²) in [5.41, 5.74) is 1.94. The maximum atomic E-state index is 14.0. The first kappa shape index (κ1) is 30.5. The Morgan fingerprint density at radius 1 is 0.949 bits per heavy atom. The molecule has 0 bridgehead atoms. The molecule has 3 rings (SSSR count). The van der Waals surface area contributed by atoms with Crippen LogP contribution in [-0.2, 0) is 26.2 Å². The molecular weight excluding hydrogens is 557 g/mol. The fourth-order valence-electron chi connectivity index (χ4n) is 4.21. The highest BCUT2D eigenvalue weighted by molar-refractivity contribution is 7.92. The fourth-order valence-corrected chi connectivity index (χ4v) is 6.22. The molecule has 39 heavy (non-hydrogen) atoms. The molecule has 208 valence electrons. The second-order valence-corrected chi connectivity index (χ2v) is 11.9. The van der Waals surface area contributed by atoms with Crippen molar-refractivity contribution in [2.45, 2.75) is 51.1 Å².